The maximum absolute atomic E-state index is 13.0. The number of aryl methyl sites for hydroxylation is 1. The maximum atomic E-state index is 13.0. The van der Waals surface area contributed by atoms with E-state index >= 15 is 0 Å². The van der Waals surface area contributed by atoms with Crippen LogP contribution in [0.1, 0.15) is 34.3 Å². The Balaban J connectivity index is 1.97. The third-order valence-corrected chi connectivity index (χ3v) is 4.38. The number of hydrogen-bond acceptors (Lipinski definition) is 3. The van der Waals surface area contributed by atoms with E-state index in [9.17, 15) is 14.0 Å². The maximum Gasteiger partial charge on any atom is 0.227 e. The van der Waals surface area contributed by atoms with Gasteiger partial charge in [0, 0.05) is 30.0 Å². The number of carbonyl (C=O) groups is 2. The molecular formula is C17H18FNO2S. The monoisotopic (exact) mass is 319 g/mol. The van der Waals surface area contributed by atoms with Crippen molar-refractivity contribution in [3.05, 3.63) is 52.0 Å². The molecule has 0 saturated heterocycles. The fourth-order valence-electron chi connectivity index (χ4n) is 2.19. The molecule has 22 heavy (non-hydrogen) atoms. The van der Waals surface area contributed by atoms with Gasteiger partial charge in [-0.05, 0) is 50.2 Å². The molecule has 3 nitrogen and oxygen atoms in total. The molecule has 0 radical (unpaired) electrons. The first-order chi connectivity index (χ1) is 10.5. The van der Waals surface area contributed by atoms with Crippen molar-refractivity contribution in [2.75, 3.05) is 11.4 Å². The molecule has 0 spiro atoms. The fourth-order valence-corrected chi connectivity index (χ4v) is 3.02. The highest BCUT2D eigenvalue weighted by molar-refractivity contribution is 7.14. The first kappa shape index (κ1) is 16.4. The zero-order valence-electron chi connectivity index (χ0n) is 12.6. The Labute approximate surface area is 133 Å². The van der Waals surface area contributed by atoms with E-state index in [0.29, 0.717) is 17.1 Å². The quantitative estimate of drug-likeness (QED) is 0.748. The number of rotatable bonds is 6. The lowest BCUT2D eigenvalue weighted by atomic mass is 10.1. The lowest BCUT2D eigenvalue weighted by Gasteiger charge is -2.20. The van der Waals surface area contributed by atoms with Gasteiger partial charge < -0.3 is 4.90 Å². The molecule has 0 unspecified atom stereocenters. The molecule has 0 aliphatic carbocycles. The minimum atomic E-state index is -0.338. The largest absolute Gasteiger partial charge is 0.313 e. The lowest BCUT2D eigenvalue weighted by molar-refractivity contribution is -0.118. The van der Waals surface area contributed by atoms with Crippen LogP contribution in [0.4, 0.5) is 10.1 Å². The summed E-state index contributed by atoms with van der Waals surface area (Å²) in [4.78, 5) is 27.7. The molecule has 1 aromatic carbocycles. The summed E-state index contributed by atoms with van der Waals surface area (Å²) in [6, 6.07) is 9.49. The summed E-state index contributed by atoms with van der Waals surface area (Å²) >= 11 is 1.44. The predicted octanol–water partition coefficient (Wildman–Crippen LogP) is 4.21. The van der Waals surface area contributed by atoms with Crippen molar-refractivity contribution < 1.29 is 14.0 Å². The summed E-state index contributed by atoms with van der Waals surface area (Å²) in [6.45, 7) is 4.28. The molecule has 116 valence electrons. The smallest absolute Gasteiger partial charge is 0.227 e. The van der Waals surface area contributed by atoms with Crippen molar-refractivity contribution in [1.29, 1.82) is 0 Å². The Morgan fingerprint density at radius 3 is 2.32 bits per heavy atom. The minimum absolute atomic E-state index is 0.0124. The second kappa shape index (κ2) is 7.31. The highest BCUT2D eigenvalue weighted by Gasteiger charge is 2.16. The Kier molecular flexibility index (Phi) is 5.44. The van der Waals surface area contributed by atoms with Crippen molar-refractivity contribution in [3.8, 4) is 0 Å². The molecule has 0 saturated carbocycles. The van der Waals surface area contributed by atoms with Crippen LogP contribution in [0.25, 0.3) is 0 Å². The molecule has 1 heterocycles. The van der Waals surface area contributed by atoms with Gasteiger partial charge in [-0.1, -0.05) is 0 Å². The van der Waals surface area contributed by atoms with Crippen molar-refractivity contribution in [2.45, 2.75) is 26.7 Å². The highest BCUT2D eigenvalue weighted by atomic mass is 32.1. The van der Waals surface area contributed by atoms with E-state index in [1.54, 1.807) is 23.1 Å². The molecule has 0 aliphatic heterocycles. The highest BCUT2D eigenvalue weighted by Crippen LogP contribution is 2.19. The van der Waals surface area contributed by atoms with E-state index < -0.39 is 0 Å². The Bertz CT molecular complexity index is 664. The van der Waals surface area contributed by atoms with Crippen LogP contribution in [0, 0.1) is 12.7 Å². The number of benzene rings is 1. The van der Waals surface area contributed by atoms with Crippen LogP contribution in [0.15, 0.2) is 36.4 Å². The van der Waals surface area contributed by atoms with Gasteiger partial charge in [0.15, 0.2) is 5.78 Å². The third-order valence-electron chi connectivity index (χ3n) is 3.34. The summed E-state index contributed by atoms with van der Waals surface area (Å²) in [5, 5.41) is 0. The van der Waals surface area contributed by atoms with Gasteiger partial charge in [0.2, 0.25) is 5.91 Å². The van der Waals surface area contributed by atoms with Gasteiger partial charge in [-0.15, -0.1) is 11.3 Å². The van der Waals surface area contributed by atoms with Crippen LogP contribution in [0.3, 0.4) is 0 Å². The number of ketones is 1. The van der Waals surface area contributed by atoms with Crippen LogP contribution in [-0.2, 0) is 4.79 Å². The van der Waals surface area contributed by atoms with Gasteiger partial charge in [0.1, 0.15) is 5.82 Å². The first-order valence-corrected chi connectivity index (χ1v) is 7.98. The molecule has 1 aromatic heterocycles. The number of Topliss-reactive ketones (excluding diaryl/α,β-unsaturated/α-hetero) is 1. The summed E-state index contributed by atoms with van der Waals surface area (Å²) in [5.41, 5.74) is 0.647. The zero-order chi connectivity index (χ0) is 16.1. The zero-order valence-corrected chi connectivity index (χ0v) is 13.5. The normalized spacial score (nSPS) is 10.5. The topological polar surface area (TPSA) is 37.4 Å². The van der Waals surface area contributed by atoms with E-state index in [2.05, 4.69) is 0 Å². The second-order valence-corrected chi connectivity index (χ2v) is 6.24. The van der Waals surface area contributed by atoms with Crippen LogP contribution < -0.4 is 4.90 Å². The van der Waals surface area contributed by atoms with Gasteiger partial charge in [-0.3, -0.25) is 9.59 Å². The van der Waals surface area contributed by atoms with Crippen LogP contribution >= 0.6 is 11.3 Å². The molecule has 2 aromatic rings. The summed E-state index contributed by atoms with van der Waals surface area (Å²) in [6.07, 6.45) is 0.345. The van der Waals surface area contributed by atoms with E-state index in [0.717, 1.165) is 4.88 Å². The van der Waals surface area contributed by atoms with Gasteiger partial charge in [0.25, 0.3) is 0 Å². The summed E-state index contributed by atoms with van der Waals surface area (Å²) in [7, 11) is 0. The first-order valence-electron chi connectivity index (χ1n) is 7.17. The SMILES string of the molecule is CCN(C(=O)CCC(=O)c1ccc(C)s1)c1ccc(F)cc1. The van der Waals surface area contributed by atoms with Crippen LogP contribution in [-0.4, -0.2) is 18.2 Å². The third kappa shape index (κ3) is 4.01. The molecule has 0 fully saturated rings. The molecule has 0 atom stereocenters. The number of halogens is 1. The molecule has 0 N–H and O–H groups in total. The lowest BCUT2D eigenvalue weighted by Crippen LogP contribution is -2.30. The number of nitrogens with zero attached hydrogens (tertiary/aromatic N) is 1. The van der Waals surface area contributed by atoms with E-state index in [-0.39, 0.29) is 30.3 Å². The van der Waals surface area contributed by atoms with Crippen LogP contribution in [0.5, 0.6) is 0 Å². The van der Waals surface area contributed by atoms with Crippen molar-refractivity contribution >= 4 is 28.7 Å². The number of carbonyl (C=O) groups excluding carboxylic acids is 2. The number of thiophene rings is 1. The Morgan fingerprint density at radius 1 is 1.09 bits per heavy atom. The van der Waals surface area contributed by atoms with E-state index in [1.807, 2.05) is 19.9 Å². The average molecular weight is 319 g/mol. The van der Waals surface area contributed by atoms with Crippen molar-refractivity contribution in [2.24, 2.45) is 0 Å². The Morgan fingerprint density at radius 2 is 1.77 bits per heavy atom. The molecule has 0 bridgehead atoms. The predicted molar refractivity (Wildman–Crippen MR) is 87.0 cm³/mol. The molecular weight excluding hydrogens is 301 g/mol. The molecule has 0 aliphatic rings. The average Bonchev–Trinajstić information content (AvgIpc) is 2.94. The van der Waals surface area contributed by atoms with Gasteiger partial charge in [0.05, 0.1) is 4.88 Å². The summed E-state index contributed by atoms with van der Waals surface area (Å²) in [5.74, 6) is -0.479. The molecule has 1 amide bonds. The van der Waals surface area contributed by atoms with Crippen LogP contribution in [0.2, 0.25) is 0 Å². The van der Waals surface area contributed by atoms with Gasteiger partial charge >= 0.3 is 0 Å². The van der Waals surface area contributed by atoms with Crippen molar-refractivity contribution in [3.63, 3.8) is 0 Å². The molecule has 5 heteroatoms. The fraction of sp³-hybridized carbons (Fsp3) is 0.294. The molecule has 2 rings (SSSR count). The summed E-state index contributed by atoms with van der Waals surface area (Å²) < 4.78 is 13.0. The second-order valence-electron chi connectivity index (χ2n) is 4.95. The van der Waals surface area contributed by atoms with E-state index in [1.165, 1.54) is 23.5 Å². The minimum Gasteiger partial charge on any atom is -0.313 e. The van der Waals surface area contributed by atoms with Crippen molar-refractivity contribution in [1.82, 2.24) is 0 Å². The van der Waals surface area contributed by atoms with Gasteiger partial charge in [-0.2, -0.15) is 0 Å². The van der Waals surface area contributed by atoms with E-state index in [4.69, 9.17) is 0 Å². The number of anilines is 1. The number of amides is 1. The Hall–Kier alpha value is -2.01. The van der Waals surface area contributed by atoms with Gasteiger partial charge in [-0.25, -0.2) is 4.39 Å². The standard InChI is InChI=1S/C17H18FNO2S/c1-3-19(14-7-5-13(18)6-8-14)17(21)11-9-15(20)16-10-4-12(2)22-16/h4-8,10H,3,9,11H2,1-2H3. The number of hydrogen-bond donors (Lipinski definition) is 0.